The summed E-state index contributed by atoms with van der Waals surface area (Å²) in [6, 6.07) is 26.1. The van der Waals surface area contributed by atoms with Crippen molar-refractivity contribution < 1.29 is 18.7 Å². The van der Waals surface area contributed by atoms with Gasteiger partial charge in [0, 0.05) is 10.9 Å². The topological polar surface area (TPSA) is 94.3 Å². The number of hydrogen-bond acceptors (Lipinski definition) is 7. The van der Waals surface area contributed by atoms with Gasteiger partial charge in [-0.25, -0.2) is 14.8 Å². The van der Waals surface area contributed by atoms with Crippen LogP contribution in [0.25, 0.3) is 43.5 Å². The number of esters is 1. The number of ether oxygens (including phenoxy) is 1. The van der Waals surface area contributed by atoms with Crippen molar-refractivity contribution in [1.29, 1.82) is 0 Å². The van der Waals surface area contributed by atoms with Crippen molar-refractivity contribution in [2.75, 3.05) is 5.32 Å². The number of benzene rings is 4. The number of hydrogen-bond donors (Lipinski definition) is 1. The molecule has 2 aromatic heterocycles. The maximum Gasteiger partial charge on any atom is 0.339 e. The molecule has 6 aromatic rings. The molecule has 0 saturated heterocycles. The summed E-state index contributed by atoms with van der Waals surface area (Å²) in [5, 5.41) is 4.67. The largest absolute Gasteiger partial charge is 0.449 e. The van der Waals surface area contributed by atoms with Crippen molar-refractivity contribution in [2.45, 2.75) is 13.0 Å². The molecule has 1 unspecified atom stereocenters. The summed E-state index contributed by atoms with van der Waals surface area (Å²) in [7, 11) is 0. The van der Waals surface area contributed by atoms with Crippen molar-refractivity contribution in [3.8, 4) is 11.5 Å². The van der Waals surface area contributed by atoms with E-state index in [4.69, 9.17) is 9.15 Å². The molecule has 0 aliphatic carbocycles. The van der Waals surface area contributed by atoms with Crippen LogP contribution >= 0.6 is 11.3 Å². The van der Waals surface area contributed by atoms with Gasteiger partial charge >= 0.3 is 5.97 Å². The third-order valence-electron chi connectivity index (χ3n) is 5.83. The monoisotopic (exact) mass is 493 g/mol. The number of para-hydroxylation sites is 3. The van der Waals surface area contributed by atoms with Gasteiger partial charge in [-0.2, -0.15) is 0 Å². The number of anilines is 1. The first-order chi connectivity index (χ1) is 17.6. The molecule has 0 spiro atoms. The number of thiazole rings is 1. The molecule has 6 rings (SSSR count). The van der Waals surface area contributed by atoms with Crippen LogP contribution in [0.15, 0.2) is 89.3 Å². The maximum atomic E-state index is 13.3. The van der Waals surface area contributed by atoms with E-state index in [0.29, 0.717) is 33.1 Å². The van der Waals surface area contributed by atoms with Gasteiger partial charge in [-0.1, -0.05) is 59.9 Å². The predicted molar refractivity (Wildman–Crippen MR) is 140 cm³/mol. The predicted octanol–water partition coefficient (Wildman–Crippen LogP) is 6.44. The fraction of sp³-hybridized carbons (Fsp3) is 0.0714. The first kappa shape index (κ1) is 21.9. The molecule has 7 nitrogen and oxygen atoms in total. The Balaban J connectivity index is 1.29. The van der Waals surface area contributed by atoms with Gasteiger partial charge in [0.25, 0.3) is 5.91 Å². The zero-order valence-electron chi connectivity index (χ0n) is 19.1. The maximum absolute atomic E-state index is 13.3. The van der Waals surface area contributed by atoms with Crippen LogP contribution in [0.2, 0.25) is 0 Å². The summed E-state index contributed by atoms with van der Waals surface area (Å²) < 4.78 is 12.5. The Morgan fingerprint density at radius 1 is 0.889 bits per heavy atom. The van der Waals surface area contributed by atoms with Crippen LogP contribution in [-0.4, -0.2) is 27.9 Å². The van der Waals surface area contributed by atoms with Crippen LogP contribution in [0.4, 0.5) is 5.13 Å². The van der Waals surface area contributed by atoms with Crippen LogP contribution in [0.3, 0.4) is 0 Å². The van der Waals surface area contributed by atoms with Crippen LogP contribution in [0.1, 0.15) is 17.3 Å². The first-order valence-electron chi connectivity index (χ1n) is 11.3. The van der Waals surface area contributed by atoms with Crippen molar-refractivity contribution in [1.82, 2.24) is 9.97 Å². The molecule has 36 heavy (non-hydrogen) atoms. The van der Waals surface area contributed by atoms with Gasteiger partial charge in [0.1, 0.15) is 5.52 Å². The van der Waals surface area contributed by atoms with Crippen LogP contribution < -0.4 is 5.32 Å². The Kier molecular flexibility index (Phi) is 5.42. The van der Waals surface area contributed by atoms with E-state index in [1.807, 2.05) is 72.8 Å². The van der Waals surface area contributed by atoms with Gasteiger partial charge in [0.15, 0.2) is 16.8 Å². The quantitative estimate of drug-likeness (QED) is 0.278. The van der Waals surface area contributed by atoms with E-state index >= 15 is 0 Å². The van der Waals surface area contributed by atoms with E-state index in [1.54, 1.807) is 12.1 Å². The van der Waals surface area contributed by atoms with E-state index in [0.717, 1.165) is 21.1 Å². The smallest absolute Gasteiger partial charge is 0.339 e. The minimum atomic E-state index is -1.03. The summed E-state index contributed by atoms with van der Waals surface area (Å²) in [4.78, 5) is 35.0. The zero-order valence-corrected chi connectivity index (χ0v) is 19.9. The van der Waals surface area contributed by atoms with E-state index in [9.17, 15) is 9.59 Å². The Hall–Kier alpha value is -4.56. The molecule has 0 saturated carbocycles. The number of aromatic nitrogens is 2. The Morgan fingerprint density at radius 3 is 2.44 bits per heavy atom. The lowest BCUT2D eigenvalue weighted by molar-refractivity contribution is -0.123. The SMILES string of the molecule is CC(OC(=O)c1cccc2cccc(-c3nc4ccccc4o3)c12)C(=O)Nc1nc2ccccc2s1. The highest BCUT2D eigenvalue weighted by Gasteiger charge is 2.23. The van der Waals surface area contributed by atoms with Gasteiger partial charge in [-0.3, -0.25) is 10.1 Å². The highest BCUT2D eigenvalue weighted by molar-refractivity contribution is 7.22. The molecule has 176 valence electrons. The second-order valence-electron chi connectivity index (χ2n) is 8.22. The van der Waals surface area contributed by atoms with Crippen molar-refractivity contribution >= 4 is 60.4 Å². The van der Waals surface area contributed by atoms with E-state index in [2.05, 4.69) is 15.3 Å². The number of fused-ring (bicyclic) bond motifs is 3. The van der Waals surface area contributed by atoms with E-state index in [-0.39, 0.29) is 0 Å². The number of carbonyl (C=O) groups is 2. The molecule has 0 aliphatic heterocycles. The minimum Gasteiger partial charge on any atom is -0.449 e. The fourth-order valence-electron chi connectivity index (χ4n) is 4.09. The molecule has 8 heteroatoms. The van der Waals surface area contributed by atoms with Crippen LogP contribution in [0, 0.1) is 0 Å². The molecule has 1 atom stereocenters. The minimum absolute atomic E-state index is 0.324. The van der Waals surface area contributed by atoms with E-state index < -0.39 is 18.0 Å². The summed E-state index contributed by atoms with van der Waals surface area (Å²) in [5.41, 5.74) is 3.17. The third kappa shape index (κ3) is 3.97. The molecule has 0 aliphatic rings. The van der Waals surface area contributed by atoms with Crippen molar-refractivity contribution in [3.63, 3.8) is 0 Å². The molecule has 1 N–H and O–H groups in total. The fourth-order valence-corrected chi connectivity index (χ4v) is 4.96. The van der Waals surface area contributed by atoms with Crippen LogP contribution in [-0.2, 0) is 9.53 Å². The molecular formula is C28H19N3O4S. The van der Waals surface area contributed by atoms with Gasteiger partial charge in [-0.15, -0.1) is 0 Å². The molecule has 4 aromatic carbocycles. The summed E-state index contributed by atoms with van der Waals surface area (Å²) >= 11 is 1.36. The lowest BCUT2D eigenvalue weighted by Gasteiger charge is -2.14. The third-order valence-corrected chi connectivity index (χ3v) is 6.78. The average molecular weight is 494 g/mol. The molecular weight excluding hydrogens is 474 g/mol. The highest BCUT2D eigenvalue weighted by Crippen LogP contribution is 2.33. The summed E-state index contributed by atoms with van der Waals surface area (Å²) in [6.45, 7) is 1.54. The number of rotatable bonds is 5. The van der Waals surface area contributed by atoms with Gasteiger partial charge in [0.05, 0.1) is 15.8 Å². The standard InChI is InChI=1S/C28H19N3O4S/c1-16(25(32)31-28-30-21-13-3-5-15-23(21)36-28)34-27(33)19-11-7-9-17-8-6-10-18(24(17)19)26-29-20-12-2-4-14-22(20)35-26/h2-16H,1H3,(H,30,31,32). The average Bonchev–Trinajstić information content (AvgIpc) is 3.51. The zero-order chi connectivity index (χ0) is 24.6. The Morgan fingerprint density at radius 2 is 1.64 bits per heavy atom. The van der Waals surface area contributed by atoms with Crippen molar-refractivity contribution in [2.24, 2.45) is 0 Å². The lowest BCUT2D eigenvalue weighted by Crippen LogP contribution is -2.30. The second-order valence-corrected chi connectivity index (χ2v) is 9.25. The highest BCUT2D eigenvalue weighted by atomic mass is 32.1. The molecule has 0 fully saturated rings. The number of amides is 1. The summed E-state index contributed by atoms with van der Waals surface area (Å²) in [5.74, 6) is -0.665. The Labute approximate surface area is 209 Å². The molecule has 0 bridgehead atoms. The van der Waals surface area contributed by atoms with Gasteiger partial charge in [-0.05, 0) is 48.7 Å². The Bertz CT molecular complexity index is 1700. The second kappa shape index (κ2) is 8.90. The molecule has 0 radical (unpaired) electrons. The molecule has 1 amide bonds. The number of nitrogens with one attached hydrogen (secondary N) is 1. The number of carbonyl (C=O) groups excluding carboxylic acids is 2. The first-order valence-corrected chi connectivity index (χ1v) is 12.1. The number of oxazole rings is 1. The summed E-state index contributed by atoms with van der Waals surface area (Å²) in [6.07, 6.45) is -1.03. The van der Waals surface area contributed by atoms with Gasteiger partial charge in [0.2, 0.25) is 5.89 Å². The lowest BCUT2D eigenvalue weighted by atomic mass is 9.99. The van der Waals surface area contributed by atoms with Crippen molar-refractivity contribution in [3.05, 3.63) is 90.5 Å². The molecule has 2 heterocycles. The van der Waals surface area contributed by atoms with Crippen LogP contribution in [0.5, 0.6) is 0 Å². The van der Waals surface area contributed by atoms with Gasteiger partial charge < -0.3 is 9.15 Å². The number of nitrogens with zero attached hydrogens (tertiary/aromatic N) is 2. The normalized spacial score (nSPS) is 12.1. The van der Waals surface area contributed by atoms with E-state index in [1.165, 1.54) is 18.3 Å².